The summed E-state index contributed by atoms with van der Waals surface area (Å²) < 4.78 is 26.4. The number of nitrogens with zero attached hydrogens (tertiary/aromatic N) is 1. The highest BCUT2D eigenvalue weighted by molar-refractivity contribution is 5.22. The lowest BCUT2D eigenvalue weighted by molar-refractivity contribution is 0.101. The summed E-state index contributed by atoms with van der Waals surface area (Å²) >= 11 is 0. The topological polar surface area (TPSA) is 29.3 Å². The van der Waals surface area contributed by atoms with Gasteiger partial charge >= 0.3 is 0 Å². The van der Waals surface area contributed by atoms with Crippen molar-refractivity contribution < 1.29 is 8.78 Å². The summed E-state index contributed by atoms with van der Waals surface area (Å²) in [5.74, 6) is -1.53. The first kappa shape index (κ1) is 10.5. The molecule has 1 saturated heterocycles. The van der Waals surface area contributed by atoms with Crippen molar-refractivity contribution in [2.75, 3.05) is 13.1 Å². The summed E-state index contributed by atoms with van der Waals surface area (Å²) in [6.45, 7) is 3.36. The van der Waals surface area contributed by atoms with Gasteiger partial charge in [-0.3, -0.25) is 4.90 Å². The summed E-state index contributed by atoms with van der Waals surface area (Å²) in [5.41, 5.74) is 6.05. The molecule has 0 amide bonds. The SMILES string of the molecule is CC(c1cccc(F)c1F)N1CC(N)C1. The van der Waals surface area contributed by atoms with Crippen molar-refractivity contribution in [1.29, 1.82) is 0 Å². The Kier molecular flexibility index (Phi) is 2.71. The van der Waals surface area contributed by atoms with Crippen LogP contribution in [-0.4, -0.2) is 24.0 Å². The van der Waals surface area contributed by atoms with Crippen molar-refractivity contribution in [3.05, 3.63) is 35.4 Å². The maximum atomic E-state index is 13.4. The fraction of sp³-hybridized carbons (Fsp3) is 0.455. The van der Waals surface area contributed by atoms with Gasteiger partial charge in [-0.1, -0.05) is 12.1 Å². The van der Waals surface area contributed by atoms with Crippen LogP contribution in [0.1, 0.15) is 18.5 Å². The molecule has 15 heavy (non-hydrogen) atoms. The average molecular weight is 212 g/mol. The molecule has 1 aliphatic heterocycles. The van der Waals surface area contributed by atoms with E-state index in [1.165, 1.54) is 6.07 Å². The zero-order valence-electron chi connectivity index (χ0n) is 8.58. The highest BCUT2D eigenvalue weighted by Crippen LogP contribution is 2.27. The van der Waals surface area contributed by atoms with Crippen LogP contribution in [0.3, 0.4) is 0 Å². The first-order valence-electron chi connectivity index (χ1n) is 5.03. The minimum Gasteiger partial charge on any atom is -0.325 e. The summed E-state index contributed by atoms with van der Waals surface area (Å²) in [4.78, 5) is 2.03. The van der Waals surface area contributed by atoms with Crippen molar-refractivity contribution in [3.63, 3.8) is 0 Å². The highest BCUT2D eigenvalue weighted by Gasteiger charge is 2.29. The molecular weight excluding hydrogens is 198 g/mol. The Morgan fingerprint density at radius 2 is 2.07 bits per heavy atom. The third-order valence-corrected chi connectivity index (χ3v) is 2.92. The first-order chi connectivity index (χ1) is 7.09. The van der Waals surface area contributed by atoms with E-state index in [2.05, 4.69) is 0 Å². The molecule has 2 rings (SSSR count). The Hall–Kier alpha value is -1.00. The van der Waals surface area contributed by atoms with Crippen LogP contribution in [0.5, 0.6) is 0 Å². The molecule has 1 fully saturated rings. The molecule has 0 saturated carbocycles. The smallest absolute Gasteiger partial charge is 0.163 e. The Bertz CT molecular complexity index is 362. The fourth-order valence-electron chi connectivity index (χ4n) is 1.91. The lowest BCUT2D eigenvalue weighted by Crippen LogP contribution is -2.56. The Balaban J connectivity index is 2.18. The third-order valence-electron chi connectivity index (χ3n) is 2.92. The maximum Gasteiger partial charge on any atom is 0.163 e. The van der Waals surface area contributed by atoms with E-state index in [4.69, 9.17) is 5.73 Å². The highest BCUT2D eigenvalue weighted by atomic mass is 19.2. The summed E-state index contributed by atoms with van der Waals surface area (Å²) in [7, 11) is 0. The van der Waals surface area contributed by atoms with Gasteiger partial charge < -0.3 is 5.73 Å². The van der Waals surface area contributed by atoms with Crippen LogP contribution in [0, 0.1) is 11.6 Å². The number of halogens is 2. The van der Waals surface area contributed by atoms with Crippen molar-refractivity contribution >= 4 is 0 Å². The minimum atomic E-state index is -0.788. The molecule has 0 bridgehead atoms. The summed E-state index contributed by atoms with van der Waals surface area (Å²) in [5, 5.41) is 0. The molecule has 82 valence electrons. The van der Waals surface area contributed by atoms with Crippen LogP contribution in [-0.2, 0) is 0 Å². The van der Waals surface area contributed by atoms with Gasteiger partial charge in [-0.05, 0) is 13.0 Å². The molecule has 1 heterocycles. The normalized spacial score (nSPS) is 20.0. The van der Waals surface area contributed by atoms with Gasteiger partial charge in [0.2, 0.25) is 0 Å². The quantitative estimate of drug-likeness (QED) is 0.808. The minimum absolute atomic E-state index is 0.111. The van der Waals surface area contributed by atoms with E-state index in [-0.39, 0.29) is 12.1 Å². The maximum absolute atomic E-state index is 13.4. The summed E-state index contributed by atoms with van der Waals surface area (Å²) in [6, 6.07) is 4.34. The second-order valence-corrected chi connectivity index (χ2v) is 4.03. The van der Waals surface area contributed by atoms with Crippen LogP contribution in [0.15, 0.2) is 18.2 Å². The Morgan fingerprint density at radius 3 is 2.67 bits per heavy atom. The van der Waals surface area contributed by atoms with E-state index in [1.807, 2.05) is 11.8 Å². The van der Waals surface area contributed by atoms with Crippen LogP contribution >= 0.6 is 0 Å². The van der Waals surface area contributed by atoms with E-state index in [0.29, 0.717) is 5.56 Å². The van der Waals surface area contributed by atoms with Gasteiger partial charge in [-0.15, -0.1) is 0 Å². The molecular formula is C11H14F2N2. The van der Waals surface area contributed by atoms with Gasteiger partial charge in [0.15, 0.2) is 11.6 Å². The van der Waals surface area contributed by atoms with Crippen LogP contribution in [0.4, 0.5) is 8.78 Å². The number of rotatable bonds is 2. The van der Waals surface area contributed by atoms with E-state index in [0.717, 1.165) is 19.2 Å². The Morgan fingerprint density at radius 1 is 1.40 bits per heavy atom. The van der Waals surface area contributed by atoms with E-state index in [1.54, 1.807) is 6.07 Å². The standard InChI is InChI=1S/C11H14F2N2/c1-7(15-5-8(14)6-15)9-3-2-4-10(12)11(9)13/h2-4,7-8H,5-6,14H2,1H3. The van der Waals surface area contributed by atoms with Gasteiger partial charge in [0, 0.05) is 30.7 Å². The number of likely N-dealkylation sites (tertiary alicyclic amines) is 1. The summed E-state index contributed by atoms with van der Waals surface area (Å²) in [6.07, 6.45) is 0. The molecule has 0 spiro atoms. The van der Waals surface area contributed by atoms with Crippen molar-refractivity contribution in [3.8, 4) is 0 Å². The lowest BCUT2D eigenvalue weighted by atomic mass is 10.0. The second-order valence-electron chi connectivity index (χ2n) is 4.03. The monoisotopic (exact) mass is 212 g/mol. The molecule has 0 aromatic heterocycles. The molecule has 2 N–H and O–H groups in total. The van der Waals surface area contributed by atoms with Crippen molar-refractivity contribution in [1.82, 2.24) is 4.90 Å². The van der Waals surface area contributed by atoms with Gasteiger partial charge in [0.25, 0.3) is 0 Å². The zero-order chi connectivity index (χ0) is 11.0. The van der Waals surface area contributed by atoms with Gasteiger partial charge in [0.05, 0.1) is 0 Å². The predicted molar refractivity (Wildman–Crippen MR) is 54.3 cm³/mol. The molecule has 4 heteroatoms. The number of benzene rings is 1. The molecule has 1 unspecified atom stereocenters. The predicted octanol–water partition coefficient (Wildman–Crippen LogP) is 1.67. The average Bonchev–Trinajstić information content (AvgIpc) is 2.16. The lowest BCUT2D eigenvalue weighted by Gasteiger charge is -2.41. The van der Waals surface area contributed by atoms with Crippen LogP contribution in [0.2, 0.25) is 0 Å². The van der Waals surface area contributed by atoms with Crippen LogP contribution in [0.25, 0.3) is 0 Å². The molecule has 0 aliphatic carbocycles. The molecule has 1 aromatic carbocycles. The van der Waals surface area contributed by atoms with Gasteiger partial charge in [-0.25, -0.2) is 8.78 Å². The van der Waals surface area contributed by atoms with E-state index < -0.39 is 11.6 Å². The van der Waals surface area contributed by atoms with Gasteiger partial charge in [0.1, 0.15) is 0 Å². The largest absolute Gasteiger partial charge is 0.325 e. The molecule has 2 nitrogen and oxygen atoms in total. The van der Waals surface area contributed by atoms with Crippen molar-refractivity contribution in [2.45, 2.75) is 19.0 Å². The fourth-order valence-corrected chi connectivity index (χ4v) is 1.91. The molecule has 1 aromatic rings. The third kappa shape index (κ3) is 1.87. The van der Waals surface area contributed by atoms with E-state index in [9.17, 15) is 8.78 Å². The molecule has 1 aliphatic rings. The van der Waals surface area contributed by atoms with Gasteiger partial charge in [-0.2, -0.15) is 0 Å². The number of hydrogen-bond donors (Lipinski definition) is 1. The second kappa shape index (κ2) is 3.87. The number of hydrogen-bond acceptors (Lipinski definition) is 2. The molecule has 1 atom stereocenters. The van der Waals surface area contributed by atoms with Crippen LogP contribution < -0.4 is 5.73 Å². The number of nitrogens with two attached hydrogens (primary N) is 1. The zero-order valence-corrected chi connectivity index (χ0v) is 8.58. The Labute approximate surface area is 87.7 Å². The first-order valence-corrected chi connectivity index (χ1v) is 5.03. The molecule has 0 radical (unpaired) electrons. The van der Waals surface area contributed by atoms with E-state index >= 15 is 0 Å². The van der Waals surface area contributed by atoms with Crippen molar-refractivity contribution in [2.24, 2.45) is 5.73 Å².